The highest BCUT2D eigenvalue weighted by Crippen LogP contribution is 2.17. The van der Waals surface area contributed by atoms with Crippen LogP contribution < -0.4 is 4.90 Å². The van der Waals surface area contributed by atoms with Crippen molar-refractivity contribution in [3.05, 3.63) is 34.4 Å². The van der Waals surface area contributed by atoms with Gasteiger partial charge in [-0.15, -0.1) is 0 Å². The third kappa shape index (κ3) is 2.05. The fraction of sp³-hybridized carbons (Fsp3) is 0.222. The van der Waals surface area contributed by atoms with Crippen LogP contribution in [0.5, 0.6) is 0 Å². The first-order chi connectivity index (χ1) is 8.09. The molecule has 1 heterocycles. The summed E-state index contributed by atoms with van der Waals surface area (Å²) in [6.07, 6.45) is 0. The van der Waals surface area contributed by atoms with Gasteiger partial charge in [-0.3, -0.25) is 10.1 Å². The van der Waals surface area contributed by atoms with Crippen LogP contribution in [-0.4, -0.2) is 39.2 Å². The van der Waals surface area contributed by atoms with Crippen molar-refractivity contribution in [3.63, 3.8) is 0 Å². The maximum absolute atomic E-state index is 10.5. The van der Waals surface area contributed by atoms with Gasteiger partial charge >= 0.3 is 0 Å². The molecule has 2 rings (SSSR count). The van der Waals surface area contributed by atoms with Crippen LogP contribution in [-0.2, 0) is 0 Å². The van der Waals surface area contributed by atoms with E-state index >= 15 is 0 Å². The second kappa shape index (κ2) is 4.16. The van der Waals surface area contributed by atoms with E-state index in [1.807, 2.05) is 14.1 Å². The third-order valence-corrected chi connectivity index (χ3v) is 2.16. The maximum atomic E-state index is 10.5. The molecule has 0 atom stereocenters. The van der Waals surface area contributed by atoms with E-state index in [0.717, 1.165) is 0 Å². The number of anilines is 1. The Labute approximate surface area is 96.6 Å². The number of rotatable bonds is 3. The Kier molecular flexibility index (Phi) is 2.69. The number of nitrogens with zero attached hydrogens (tertiary/aromatic N) is 6. The zero-order chi connectivity index (χ0) is 12.4. The Morgan fingerprint density at radius 1 is 1.29 bits per heavy atom. The lowest BCUT2D eigenvalue weighted by Crippen LogP contribution is -2.15. The van der Waals surface area contributed by atoms with E-state index in [1.165, 1.54) is 16.8 Å². The van der Waals surface area contributed by atoms with E-state index in [1.54, 1.807) is 17.0 Å². The minimum atomic E-state index is -0.448. The summed E-state index contributed by atoms with van der Waals surface area (Å²) >= 11 is 0. The smallest absolute Gasteiger partial charge is 0.269 e. The SMILES string of the molecule is CN(C)c1nnnn1-c1ccc([N+](=O)[O-])cc1. The summed E-state index contributed by atoms with van der Waals surface area (Å²) in [4.78, 5) is 11.8. The molecule has 0 aliphatic carbocycles. The summed E-state index contributed by atoms with van der Waals surface area (Å²) in [5.74, 6) is 0.554. The van der Waals surface area contributed by atoms with Crippen molar-refractivity contribution in [2.75, 3.05) is 19.0 Å². The molecule has 0 amide bonds. The first-order valence-electron chi connectivity index (χ1n) is 4.80. The van der Waals surface area contributed by atoms with Crippen LogP contribution in [0.25, 0.3) is 5.69 Å². The average Bonchev–Trinajstić information content (AvgIpc) is 2.78. The topological polar surface area (TPSA) is 90.0 Å². The highest BCUT2D eigenvalue weighted by molar-refractivity contribution is 5.44. The molecule has 0 bridgehead atoms. The quantitative estimate of drug-likeness (QED) is 0.571. The van der Waals surface area contributed by atoms with Gasteiger partial charge in [-0.25, -0.2) is 0 Å². The Balaban J connectivity index is 2.40. The predicted octanol–water partition coefficient (Wildman–Crippen LogP) is 0.636. The monoisotopic (exact) mass is 234 g/mol. The highest BCUT2D eigenvalue weighted by Gasteiger charge is 2.11. The second-order valence-electron chi connectivity index (χ2n) is 3.56. The highest BCUT2D eigenvalue weighted by atomic mass is 16.6. The lowest BCUT2D eigenvalue weighted by molar-refractivity contribution is -0.384. The summed E-state index contributed by atoms with van der Waals surface area (Å²) < 4.78 is 1.50. The Hall–Kier alpha value is -2.51. The van der Waals surface area contributed by atoms with E-state index in [9.17, 15) is 10.1 Å². The minimum absolute atomic E-state index is 0.0354. The third-order valence-electron chi connectivity index (χ3n) is 2.16. The van der Waals surface area contributed by atoms with Crippen molar-refractivity contribution in [1.82, 2.24) is 20.2 Å². The van der Waals surface area contributed by atoms with Gasteiger partial charge in [0.1, 0.15) is 0 Å². The Bertz CT molecular complexity index is 533. The van der Waals surface area contributed by atoms with Crippen molar-refractivity contribution in [2.45, 2.75) is 0 Å². The molecule has 2 aromatic rings. The number of tetrazole rings is 1. The maximum Gasteiger partial charge on any atom is 0.269 e. The molecule has 0 aliphatic rings. The number of nitro benzene ring substituents is 1. The van der Waals surface area contributed by atoms with Crippen LogP contribution in [0, 0.1) is 10.1 Å². The fourth-order valence-electron chi connectivity index (χ4n) is 1.34. The molecule has 1 aromatic carbocycles. The van der Waals surface area contributed by atoms with Gasteiger partial charge in [0.15, 0.2) is 0 Å². The first-order valence-corrected chi connectivity index (χ1v) is 4.80. The number of benzene rings is 1. The lowest BCUT2D eigenvalue weighted by Gasteiger charge is -2.10. The molecule has 0 fully saturated rings. The molecule has 0 N–H and O–H groups in total. The van der Waals surface area contributed by atoms with Gasteiger partial charge in [-0.05, 0) is 22.6 Å². The van der Waals surface area contributed by atoms with Crippen molar-refractivity contribution in [1.29, 1.82) is 0 Å². The van der Waals surface area contributed by atoms with Gasteiger partial charge in [0, 0.05) is 26.2 Å². The van der Waals surface area contributed by atoms with Crippen LogP contribution in [0.2, 0.25) is 0 Å². The molecule has 0 unspecified atom stereocenters. The van der Waals surface area contributed by atoms with Crippen molar-refractivity contribution < 1.29 is 4.92 Å². The zero-order valence-corrected chi connectivity index (χ0v) is 9.31. The fourth-order valence-corrected chi connectivity index (χ4v) is 1.34. The molecule has 0 aliphatic heterocycles. The molecular weight excluding hydrogens is 224 g/mol. The van der Waals surface area contributed by atoms with Crippen LogP contribution in [0.1, 0.15) is 0 Å². The molecule has 8 nitrogen and oxygen atoms in total. The zero-order valence-electron chi connectivity index (χ0n) is 9.31. The number of non-ortho nitro benzene ring substituents is 1. The Morgan fingerprint density at radius 2 is 1.94 bits per heavy atom. The van der Waals surface area contributed by atoms with Gasteiger partial charge < -0.3 is 4.90 Å². The van der Waals surface area contributed by atoms with Crippen molar-refractivity contribution >= 4 is 11.6 Å². The van der Waals surface area contributed by atoms with Gasteiger partial charge in [-0.1, -0.05) is 5.10 Å². The predicted molar refractivity (Wildman–Crippen MR) is 60.1 cm³/mol. The molecular formula is C9H10N6O2. The molecule has 88 valence electrons. The molecule has 8 heteroatoms. The summed E-state index contributed by atoms with van der Waals surface area (Å²) in [7, 11) is 3.63. The van der Waals surface area contributed by atoms with E-state index in [4.69, 9.17) is 0 Å². The molecule has 0 saturated carbocycles. The van der Waals surface area contributed by atoms with E-state index in [0.29, 0.717) is 11.6 Å². The van der Waals surface area contributed by atoms with Gasteiger partial charge in [0.25, 0.3) is 5.69 Å². The van der Waals surface area contributed by atoms with Crippen LogP contribution in [0.4, 0.5) is 11.6 Å². The van der Waals surface area contributed by atoms with Gasteiger partial charge in [0.05, 0.1) is 10.6 Å². The minimum Gasteiger partial charge on any atom is -0.345 e. The largest absolute Gasteiger partial charge is 0.345 e. The number of hydrogen-bond acceptors (Lipinski definition) is 6. The molecule has 1 aromatic heterocycles. The van der Waals surface area contributed by atoms with E-state index < -0.39 is 4.92 Å². The molecule has 0 saturated heterocycles. The first kappa shape index (κ1) is 11.0. The second-order valence-corrected chi connectivity index (χ2v) is 3.56. The normalized spacial score (nSPS) is 10.2. The van der Waals surface area contributed by atoms with E-state index in [2.05, 4.69) is 15.5 Å². The molecule has 17 heavy (non-hydrogen) atoms. The number of nitro groups is 1. The lowest BCUT2D eigenvalue weighted by atomic mass is 10.3. The summed E-state index contributed by atoms with van der Waals surface area (Å²) in [6, 6.07) is 6.02. The molecule has 0 radical (unpaired) electrons. The van der Waals surface area contributed by atoms with E-state index in [-0.39, 0.29) is 5.69 Å². The number of hydrogen-bond donors (Lipinski definition) is 0. The van der Waals surface area contributed by atoms with Crippen molar-refractivity contribution in [2.24, 2.45) is 0 Å². The van der Waals surface area contributed by atoms with Crippen LogP contribution in [0.3, 0.4) is 0 Å². The van der Waals surface area contributed by atoms with Crippen LogP contribution >= 0.6 is 0 Å². The summed E-state index contributed by atoms with van der Waals surface area (Å²) in [6.45, 7) is 0. The summed E-state index contributed by atoms with van der Waals surface area (Å²) in [5, 5.41) is 21.8. The average molecular weight is 234 g/mol. The molecule has 0 spiro atoms. The number of aromatic nitrogens is 4. The van der Waals surface area contributed by atoms with Crippen LogP contribution in [0.15, 0.2) is 24.3 Å². The standard InChI is InChI=1S/C9H10N6O2/c1-13(2)9-10-11-12-14(9)7-3-5-8(6-4-7)15(16)17/h3-6H,1-2H3. The summed E-state index contributed by atoms with van der Waals surface area (Å²) in [5.41, 5.74) is 0.706. The van der Waals surface area contributed by atoms with Gasteiger partial charge in [-0.2, -0.15) is 4.68 Å². The Morgan fingerprint density at radius 3 is 2.47 bits per heavy atom. The van der Waals surface area contributed by atoms with Gasteiger partial charge in [0.2, 0.25) is 5.95 Å². The van der Waals surface area contributed by atoms with Crippen molar-refractivity contribution in [3.8, 4) is 5.69 Å².